The molecule has 0 aliphatic carbocycles. The highest BCUT2D eigenvalue weighted by molar-refractivity contribution is 8.01. The highest BCUT2D eigenvalue weighted by atomic mass is 32.2. The van der Waals surface area contributed by atoms with Crippen LogP contribution in [0.5, 0.6) is 0 Å². The van der Waals surface area contributed by atoms with E-state index in [1.165, 1.54) is 35.2 Å². The maximum Gasteiger partial charge on any atom is 0.233 e. The summed E-state index contributed by atoms with van der Waals surface area (Å²) in [5.41, 5.74) is 1.72. The number of hydrogen-bond donors (Lipinski definition) is 1. The number of carbonyl (C=O) groups excluding carboxylic acids is 1. The number of rotatable bonds is 8. The molecule has 0 fully saturated rings. The summed E-state index contributed by atoms with van der Waals surface area (Å²) in [6, 6.07) is 16.1. The lowest BCUT2D eigenvalue weighted by molar-refractivity contribution is -0.128. The zero-order valence-electron chi connectivity index (χ0n) is 14.8. The number of anilines is 2. The first-order chi connectivity index (χ1) is 13.1. The number of amides is 1. The van der Waals surface area contributed by atoms with Gasteiger partial charge < -0.3 is 10.2 Å². The van der Waals surface area contributed by atoms with Gasteiger partial charge in [0.25, 0.3) is 0 Å². The van der Waals surface area contributed by atoms with Crippen molar-refractivity contribution in [1.29, 1.82) is 0 Å². The van der Waals surface area contributed by atoms with Crippen molar-refractivity contribution >= 4 is 39.8 Å². The standard InChI is InChI=1S/C19H19FN4OS2/c1-2-24(12-14-7-4-3-5-8-14)17(25)13-26-19-23-22-18(27-19)21-16-10-6-9-15(20)11-16/h3-11H,2,12-13H2,1H3,(H,21,22). The van der Waals surface area contributed by atoms with Crippen LogP contribution in [0.1, 0.15) is 12.5 Å². The summed E-state index contributed by atoms with van der Waals surface area (Å²) in [6.45, 7) is 3.22. The first-order valence-corrected chi connectivity index (χ1v) is 10.2. The Morgan fingerprint density at radius 1 is 1.19 bits per heavy atom. The maximum atomic E-state index is 13.2. The fraction of sp³-hybridized carbons (Fsp3) is 0.211. The summed E-state index contributed by atoms with van der Waals surface area (Å²) >= 11 is 2.69. The van der Waals surface area contributed by atoms with Crippen LogP contribution in [0.15, 0.2) is 58.9 Å². The van der Waals surface area contributed by atoms with Crippen LogP contribution in [-0.4, -0.2) is 33.3 Å². The molecule has 0 spiro atoms. The summed E-state index contributed by atoms with van der Waals surface area (Å²) < 4.78 is 13.9. The van der Waals surface area contributed by atoms with Crippen LogP contribution in [-0.2, 0) is 11.3 Å². The molecule has 1 heterocycles. The lowest BCUT2D eigenvalue weighted by Gasteiger charge is -2.20. The van der Waals surface area contributed by atoms with Gasteiger partial charge >= 0.3 is 0 Å². The summed E-state index contributed by atoms with van der Waals surface area (Å²) in [6.07, 6.45) is 0. The van der Waals surface area contributed by atoms with E-state index in [0.717, 1.165) is 5.56 Å². The Balaban J connectivity index is 1.53. The van der Waals surface area contributed by atoms with Crippen LogP contribution in [0.3, 0.4) is 0 Å². The number of nitrogens with zero attached hydrogens (tertiary/aromatic N) is 3. The number of aromatic nitrogens is 2. The van der Waals surface area contributed by atoms with E-state index in [2.05, 4.69) is 15.5 Å². The number of nitrogens with one attached hydrogen (secondary N) is 1. The third-order valence-electron chi connectivity index (χ3n) is 3.75. The summed E-state index contributed by atoms with van der Waals surface area (Å²) in [4.78, 5) is 14.3. The molecule has 5 nitrogen and oxygen atoms in total. The molecule has 0 unspecified atom stereocenters. The summed E-state index contributed by atoms with van der Waals surface area (Å²) in [7, 11) is 0. The van der Waals surface area contributed by atoms with Crippen molar-refractivity contribution < 1.29 is 9.18 Å². The van der Waals surface area contributed by atoms with Crippen LogP contribution in [0.25, 0.3) is 0 Å². The van der Waals surface area contributed by atoms with Gasteiger partial charge in [0.15, 0.2) is 4.34 Å². The van der Waals surface area contributed by atoms with Crippen LogP contribution >= 0.6 is 23.1 Å². The van der Waals surface area contributed by atoms with Gasteiger partial charge in [0.05, 0.1) is 5.75 Å². The average Bonchev–Trinajstić information content (AvgIpc) is 3.12. The molecule has 2 aromatic carbocycles. The van der Waals surface area contributed by atoms with E-state index in [4.69, 9.17) is 0 Å². The van der Waals surface area contributed by atoms with Gasteiger partial charge in [-0.15, -0.1) is 10.2 Å². The molecule has 0 bridgehead atoms. The Labute approximate surface area is 165 Å². The minimum absolute atomic E-state index is 0.0567. The van der Waals surface area contributed by atoms with Crippen molar-refractivity contribution in [3.63, 3.8) is 0 Å². The Kier molecular flexibility index (Phi) is 6.78. The van der Waals surface area contributed by atoms with E-state index in [0.29, 0.717) is 34.0 Å². The molecule has 3 aromatic rings. The van der Waals surface area contributed by atoms with Gasteiger partial charge in [-0.25, -0.2) is 4.39 Å². The van der Waals surface area contributed by atoms with Crippen molar-refractivity contribution in [3.8, 4) is 0 Å². The third kappa shape index (κ3) is 5.77. The monoisotopic (exact) mass is 402 g/mol. The van der Waals surface area contributed by atoms with Gasteiger partial charge in [-0.3, -0.25) is 4.79 Å². The topological polar surface area (TPSA) is 58.1 Å². The number of hydrogen-bond acceptors (Lipinski definition) is 6. The van der Waals surface area contributed by atoms with Gasteiger partial charge in [0, 0.05) is 18.8 Å². The molecule has 0 atom stereocenters. The highest BCUT2D eigenvalue weighted by Gasteiger charge is 2.14. The zero-order chi connectivity index (χ0) is 19.1. The maximum absolute atomic E-state index is 13.2. The van der Waals surface area contributed by atoms with Crippen molar-refractivity contribution in [1.82, 2.24) is 15.1 Å². The molecular weight excluding hydrogens is 383 g/mol. The SMILES string of the molecule is CCN(Cc1ccccc1)C(=O)CSc1nnc(Nc2cccc(F)c2)s1. The molecule has 0 aliphatic heterocycles. The van der Waals surface area contributed by atoms with Crippen molar-refractivity contribution in [2.24, 2.45) is 0 Å². The predicted molar refractivity (Wildman–Crippen MR) is 108 cm³/mol. The van der Waals surface area contributed by atoms with Gasteiger partial charge in [0.2, 0.25) is 11.0 Å². The van der Waals surface area contributed by atoms with E-state index in [1.807, 2.05) is 42.2 Å². The lowest BCUT2D eigenvalue weighted by atomic mass is 10.2. The summed E-state index contributed by atoms with van der Waals surface area (Å²) in [5.74, 6) is 0.0407. The van der Waals surface area contributed by atoms with Crippen LogP contribution < -0.4 is 5.32 Å². The van der Waals surface area contributed by atoms with E-state index >= 15 is 0 Å². The minimum atomic E-state index is -0.317. The van der Waals surface area contributed by atoms with Crippen molar-refractivity contribution in [2.45, 2.75) is 17.8 Å². The molecule has 1 aromatic heterocycles. The van der Waals surface area contributed by atoms with Gasteiger partial charge in [-0.05, 0) is 30.7 Å². The van der Waals surface area contributed by atoms with E-state index in [-0.39, 0.29) is 11.7 Å². The van der Waals surface area contributed by atoms with Crippen molar-refractivity contribution in [2.75, 3.05) is 17.6 Å². The Bertz CT molecular complexity index is 888. The molecule has 27 heavy (non-hydrogen) atoms. The molecule has 3 rings (SSSR count). The third-order valence-corrected chi connectivity index (χ3v) is 5.71. The number of carbonyl (C=O) groups is 1. The van der Waals surface area contributed by atoms with E-state index < -0.39 is 0 Å². The zero-order valence-corrected chi connectivity index (χ0v) is 16.4. The Hall–Kier alpha value is -2.45. The number of benzene rings is 2. The van der Waals surface area contributed by atoms with Crippen LogP contribution in [0, 0.1) is 5.82 Å². The fourth-order valence-corrected chi connectivity index (χ4v) is 4.08. The van der Waals surface area contributed by atoms with Gasteiger partial charge in [-0.2, -0.15) is 0 Å². The van der Waals surface area contributed by atoms with E-state index in [9.17, 15) is 9.18 Å². The molecule has 0 saturated carbocycles. The molecule has 140 valence electrons. The molecule has 8 heteroatoms. The molecule has 0 saturated heterocycles. The Morgan fingerprint density at radius 3 is 2.74 bits per heavy atom. The number of thioether (sulfide) groups is 1. The van der Waals surface area contributed by atoms with Crippen molar-refractivity contribution in [3.05, 3.63) is 66.0 Å². The molecular formula is C19H19FN4OS2. The Morgan fingerprint density at radius 2 is 2.00 bits per heavy atom. The minimum Gasteiger partial charge on any atom is -0.338 e. The summed E-state index contributed by atoms with van der Waals surface area (Å²) in [5, 5.41) is 11.7. The first-order valence-electron chi connectivity index (χ1n) is 8.44. The predicted octanol–water partition coefficient (Wildman–Crippen LogP) is 4.56. The number of halogens is 1. The quantitative estimate of drug-likeness (QED) is 0.560. The molecule has 1 amide bonds. The van der Waals surface area contributed by atoms with Gasteiger partial charge in [0.1, 0.15) is 5.82 Å². The second-order valence-electron chi connectivity index (χ2n) is 5.69. The molecule has 0 radical (unpaired) electrons. The lowest BCUT2D eigenvalue weighted by Crippen LogP contribution is -2.31. The average molecular weight is 403 g/mol. The van der Waals surface area contributed by atoms with Crippen LogP contribution in [0.2, 0.25) is 0 Å². The normalized spacial score (nSPS) is 10.6. The van der Waals surface area contributed by atoms with Crippen LogP contribution in [0.4, 0.5) is 15.2 Å². The molecule has 1 N–H and O–H groups in total. The highest BCUT2D eigenvalue weighted by Crippen LogP contribution is 2.28. The largest absolute Gasteiger partial charge is 0.338 e. The fourth-order valence-electron chi connectivity index (χ4n) is 2.40. The second-order valence-corrected chi connectivity index (χ2v) is 7.89. The van der Waals surface area contributed by atoms with E-state index in [1.54, 1.807) is 12.1 Å². The second kappa shape index (κ2) is 9.48. The van der Waals surface area contributed by atoms with Gasteiger partial charge in [-0.1, -0.05) is 59.5 Å². The molecule has 0 aliphatic rings. The first kappa shape index (κ1) is 19.3. The smallest absolute Gasteiger partial charge is 0.233 e.